The van der Waals surface area contributed by atoms with Gasteiger partial charge in [0.1, 0.15) is 0 Å². The first-order valence-electron chi connectivity index (χ1n) is 5.76. The second-order valence-electron chi connectivity index (χ2n) is 4.18. The van der Waals surface area contributed by atoms with Gasteiger partial charge < -0.3 is 9.84 Å². The van der Waals surface area contributed by atoms with Gasteiger partial charge in [0.2, 0.25) is 0 Å². The maximum Gasteiger partial charge on any atom is 0.0995 e. The lowest BCUT2D eigenvalue weighted by atomic mass is 10.1. The van der Waals surface area contributed by atoms with Crippen molar-refractivity contribution in [1.82, 2.24) is 4.90 Å². The maximum atomic E-state index is 9.07. The van der Waals surface area contributed by atoms with Crippen LogP contribution in [0.15, 0.2) is 24.3 Å². The molecule has 4 nitrogen and oxygen atoms in total. The fourth-order valence-corrected chi connectivity index (χ4v) is 2.04. The lowest BCUT2D eigenvalue weighted by Gasteiger charge is -2.32. The first kappa shape index (κ1) is 12.1. The summed E-state index contributed by atoms with van der Waals surface area (Å²) in [5, 5.41) is 18.1. The van der Waals surface area contributed by atoms with Crippen LogP contribution < -0.4 is 0 Å². The molecule has 0 aromatic heterocycles. The van der Waals surface area contributed by atoms with Crippen molar-refractivity contribution in [2.75, 3.05) is 26.3 Å². The topological polar surface area (TPSA) is 56.5 Å². The highest BCUT2D eigenvalue weighted by Crippen LogP contribution is 2.13. The van der Waals surface area contributed by atoms with Gasteiger partial charge in [0.15, 0.2) is 0 Å². The molecular weight excluding hydrogens is 216 g/mol. The molecule has 1 saturated heterocycles. The van der Waals surface area contributed by atoms with Gasteiger partial charge in [-0.15, -0.1) is 0 Å². The molecule has 90 valence electrons. The van der Waals surface area contributed by atoms with Crippen molar-refractivity contribution in [3.63, 3.8) is 0 Å². The van der Waals surface area contributed by atoms with Crippen molar-refractivity contribution in [1.29, 1.82) is 5.26 Å². The Morgan fingerprint density at radius 1 is 1.47 bits per heavy atom. The summed E-state index contributed by atoms with van der Waals surface area (Å²) in [6.07, 6.45) is -0.0991. The number of hydrogen-bond donors (Lipinski definition) is 1. The van der Waals surface area contributed by atoms with Crippen LogP contribution in [0.25, 0.3) is 0 Å². The molecule has 1 atom stereocenters. The zero-order chi connectivity index (χ0) is 12.1. The smallest absolute Gasteiger partial charge is 0.0995 e. The molecule has 1 aromatic rings. The predicted molar refractivity (Wildman–Crippen MR) is 63.3 cm³/mol. The number of aliphatic hydroxyl groups is 1. The van der Waals surface area contributed by atoms with Crippen molar-refractivity contribution >= 4 is 0 Å². The van der Waals surface area contributed by atoms with Crippen LogP contribution in [0.5, 0.6) is 0 Å². The van der Waals surface area contributed by atoms with E-state index in [1.807, 2.05) is 24.3 Å². The van der Waals surface area contributed by atoms with Crippen LogP contribution in [-0.2, 0) is 11.3 Å². The van der Waals surface area contributed by atoms with Gasteiger partial charge in [-0.3, -0.25) is 4.90 Å². The van der Waals surface area contributed by atoms with Crippen molar-refractivity contribution in [3.05, 3.63) is 35.4 Å². The molecule has 1 aliphatic rings. The first-order chi connectivity index (χ1) is 8.33. The number of nitrogens with zero attached hydrogens (tertiary/aromatic N) is 2. The van der Waals surface area contributed by atoms with Crippen LogP contribution in [-0.4, -0.2) is 42.4 Å². The van der Waals surface area contributed by atoms with Gasteiger partial charge in [0.05, 0.1) is 31.0 Å². The van der Waals surface area contributed by atoms with E-state index in [-0.39, 0.29) is 12.7 Å². The third-order valence-electron chi connectivity index (χ3n) is 2.96. The number of aliphatic hydroxyl groups excluding tert-OH is 1. The van der Waals surface area contributed by atoms with Gasteiger partial charge in [0, 0.05) is 19.6 Å². The Kier molecular flexibility index (Phi) is 4.10. The van der Waals surface area contributed by atoms with Crippen LogP contribution in [0.2, 0.25) is 0 Å². The van der Waals surface area contributed by atoms with Crippen molar-refractivity contribution in [3.8, 4) is 6.07 Å². The summed E-state index contributed by atoms with van der Waals surface area (Å²) in [5.41, 5.74) is 1.76. The Labute approximate surface area is 101 Å². The van der Waals surface area contributed by atoms with Crippen LogP contribution >= 0.6 is 0 Å². The lowest BCUT2D eigenvalue weighted by Crippen LogP contribution is -2.43. The molecule has 17 heavy (non-hydrogen) atoms. The number of nitriles is 1. The van der Waals surface area contributed by atoms with E-state index < -0.39 is 0 Å². The number of rotatable bonds is 3. The first-order valence-corrected chi connectivity index (χ1v) is 5.76. The number of hydrogen-bond acceptors (Lipinski definition) is 4. The van der Waals surface area contributed by atoms with E-state index in [0.717, 1.165) is 30.8 Å². The Morgan fingerprint density at radius 3 is 3.06 bits per heavy atom. The van der Waals surface area contributed by atoms with E-state index >= 15 is 0 Å². The Hall–Kier alpha value is -1.41. The van der Waals surface area contributed by atoms with Gasteiger partial charge in [-0.25, -0.2) is 0 Å². The number of benzene rings is 1. The molecule has 1 unspecified atom stereocenters. The molecule has 0 spiro atoms. The summed E-state index contributed by atoms with van der Waals surface area (Å²) in [6.45, 7) is 2.99. The van der Waals surface area contributed by atoms with Crippen LogP contribution in [0.1, 0.15) is 11.1 Å². The number of morpholine rings is 1. The average molecular weight is 232 g/mol. The zero-order valence-corrected chi connectivity index (χ0v) is 9.67. The standard InChI is InChI=1S/C13H16N2O2/c14-7-11-3-1-2-4-12(11)8-15-5-6-17-13(9-15)10-16/h1-4,13,16H,5-6,8-10H2. The second kappa shape index (κ2) is 5.78. The van der Waals surface area contributed by atoms with Crippen molar-refractivity contribution in [2.45, 2.75) is 12.6 Å². The minimum absolute atomic E-state index is 0.0520. The zero-order valence-electron chi connectivity index (χ0n) is 9.67. The van der Waals surface area contributed by atoms with E-state index in [1.165, 1.54) is 0 Å². The van der Waals surface area contributed by atoms with Crippen molar-refractivity contribution < 1.29 is 9.84 Å². The summed E-state index contributed by atoms with van der Waals surface area (Å²) in [5.74, 6) is 0. The lowest BCUT2D eigenvalue weighted by molar-refractivity contribution is -0.0551. The van der Waals surface area contributed by atoms with Gasteiger partial charge >= 0.3 is 0 Å². The molecule has 0 radical (unpaired) electrons. The maximum absolute atomic E-state index is 9.07. The molecule has 2 rings (SSSR count). The molecule has 4 heteroatoms. The third-order valence-corrected chi connectivity index (χ3v) is 2.96. The molecule has 1 N–H and O–H groups in total. The highest BCUT2D eigenvalue weighted by atomic mass is 16.5. The minimum atomic E-state index is -0.0991. The molecule has 0 saturated carbocycles. The van der Waals surface area contributed by atoms with Gasteiger partial charge in [0.25, 0.3) is 0 Å². The van der Waals surface area contributed by atoms with Crippen LogP contribution in [0.3, 0.4) is 0 Å². The highest BCUT2D eigenvalue weighted by molar-refractivity contribution is 5.37. The molecule has 0 bridgehead atoms. The summed E-state index contributed by atoms with van der Waals surface area (Å²) < 4.78 is 5.39. The van der Waals surface area contributed by atoms with Crippen LogP contribution in [0, 0.1) is 11.3 Å². The SMILES string of the molecule is N#Cc1ccccc1CN1CCOC(CO)C1. The molecule has 1 aliphatic heterocycles. The van der Waals surface area contributed by atoms with E-state index in [0.29, 0.717) is 6.61 Å². The summed E-state index contributed by atoms with van der Waals surface area (Å²) in [6, 6.07) is 9.83. The molecular formula is C13H16N2O2. The summed E-state index contributed by atoms with van der Waals surface area (Å²) >= 11 is 0. The fourth-order valence-electron chi connectivity index (χ4n) is 2.04. The molecule has 0 amide bonds. The highest BCUT2D eigenvalue weighted by Gasteiger charge is 2.20. The van der Waals surface area contributed by atoms with E-state index in [1.54, 1.807) is 0 Å². The van der Waals surface area contributed by atoms with Gasteiger partial charge in [-0.2, -0.15) is 5.26 Å². The van der Waals surface area contributed by atoms with E-state index in [2.05, 4.69) is 11.0 Å². The minimum Gasteiger partial charge on any atom is -0.394 e. The molecule has 1 aromatic carbocycles. The quantitative estimate of drug-likeness (QED) is 0.835. The van der Waals surface area contributed by atoms with Crippen molar-refractivity contribution in [2.24, 2.45) is 0 Å². The van der Waals surface area contributed by atoms with E-state index in [4.69, 9.17) is 15.1 Å². The Morgan fingerprint density at radius 2 is 2.29 bits per heavy atom. The largest absolute Gasteiger partial charge is 0.394 e. The second-order valence-corrected chi connectivity index (χ2v) is 4.18. The number of ether oxygens (including phenoxy) is 1. The van der Waals surface area contributed by atoms with Gasteiger partial charge in [-0.05, 0) is 11.6 Å². The normalized spacial score (nSPS) is 21.1. The molecule has 1 fully saturated rings. The molecule has 0 aliphatic carbocycles. The molecule has 1 heterocycles. The fraction of sp³-hybridized carbons (Fsp3) is 0.462. The van der Waals surface area contributed by atoms with Crippen LogP contribution in [0.4, 0.5) is 0 Å². The Balaban J connectivity index is 2.03. The third kappa shape index (κ3) is 3.04. The monoisotopic (exact) mass is 232 g/mol. The summed E-state index contributed by atoms with van der Waals surface area (Å²) in [7, 11) is 0. The van der Waals surface area contributed by atoms with Gasteiger partial charge in [-0.1, -0.05) is 18.2 Å². The Bertz CT molecular complexity index is 414. The van der Waals surface area contributed by atoms with E-state index in [9.17, 15) is 0 Å². The summed E-state index contributed by atoms with van der Waals surface area (Å²) in [4.78, 5) is 2.21. The average Bonchev–Trinajstić information content (AvgIpc) is 2.39. The predicted octanol–water partition coefficient (Wildman–Crippen LogP) is 0.751.